The molecule has 0 radical (unpaired) electrons. The van der Waals surface area contributed by atoms with Crippen molar-refractivity contribution in [3.8, 4) is 0 Å². The average molecular weight is 216 g/mol. The van der Waals surface area contributed by atoms with Crippen molar-refractivity contribution >= 4 is 6.71 Å². The first-order valence-corrected chi connectivity index (χ1v) is 6.70. The molecular formula is C15H25B. The highest BCUT2D eigenvalue weighted by atomic mass is 14.4. The zero-order chi connectivity index (χ0) is 12.0. The van der Waals surface area contributed by atoms with E-state index in [1.807, 2.05) is 0 Å². The molecule has 1 saturated heterocycles. The molecule has 0 atom stereocenters. The third-order valence-electron chi connectivity index (χ3n) is 5.22. The second-order valence-electron chi connectivity index (χ2n) is 7.10. The van der Waals surface area contributed by atoms with Gasteiger partial charge in [0, 0.05) is 0 Å². The fourth-order valence-corrected chi connectivity index (χ4v) is 3.37. The van der Waals surface area contributed by atoms with Crippen LogP contribution < -0.4 is 0 Å². The maximum atomic E-state index is 4.13. The summed E-state index contributed by atoms with van der Waals surface area (Å²) in [6.07, 6.45) is 8.96. The smallest absolute Gasteiger partial charge is 0.101 e. The Labute approximate surface area is 101 Å². The first-order chi connectivity index (χ1) is 7.32. The van der Waals surface area contributed by atoms with Crippen molar-refractivity contribution in [3.63, 3.8) is 0 Å². The van der Waals surface area contributed by atoms with Gasteiger partial charge in [0.25, 0.3) is 0 Å². The quantitative estimate of drug-likeness (QED) is 0.554. The van der Waals surface area contributed by atoms with Crippen LogP contribution in [-0.2, 0) is 0 Å². The van der Waals surface area contributed by atoms with Gasteiger partial charge >= 0.3 is 0 Å². The molecule has 0 N–H and O–H groups in total. The molecule has 16 heavy (non-hydrogen) atoms. The molecule has 0 spiro atoms. The van der Waals surface area contributed by atoms with Crippen molar-refractivity contribution in [2.45, 2.75) is 59.6 Å². The lowest BCUT2D eigenvalue weighted by Gasteiger charge is -2.35. The molecule has 1 heterocycles. The molecular weight excluding hydrogens is 191 g/mol. The molecule has 88 valence electrons. The van der Waals surface area contributed by atoms with Crippen LogP contribution in [0.3, 0.4) is 0 Å². The highest BCUT2D eigenvalue weighted by molar-refractivity contribution is 6.68. The van der Waals surface area contributed by atoms with E-state index in [4.69, 9.17) is 0 Å². The SMILES string of the molecule is C=C1C=C(B2CC(C)(C)C(C)(C)C2)CCC1. The summed E-state index contributed by atoms with van der Waals surface area (Å²) < 4.78 is 0. The second kappa shape index (κ2) is 3.79. The van der Waals surface area contributed by atoms with E-state index in [-0.39, 0.29) is 0 Å². The second-order valence-corrected chi connectivity index (χ2v) is 7.10. The summed E-state index contributed by atoms with van der Waals surface area (Å²) in [5.41, 5.74) is 4.01. The highest BCUT2D eigenvalue weighted by Crippen LogP contribution is 2.54. The van der Waals surface area contributed by atoms with Gasteiger partial charge in [-0.15, -0.1) is 5.47 Å². The summed E-state index contributed by atoms with van der Waals surface area (Å²) in [5, 5.41) is 0. The van der Waals surface area contributed by atoms with Crippen LogP contribution >= 0.6 is 0 Å². The van der Waals surface area contributed by atoms with E-state index < -0.39 is 0 Å². The Morgan fingerprint density at radius 3 is 2.12 bits per heavy atom. The highest BCUT2D eigenvalue weighted by Gasteiger charge is 2.48. The molecule has 0 aromatic rings. The summed E-state index contributed by atoms with van der Waals surface area (Å²) in [7, 11) is 0. The van der Waals surface area contributed by atoms with Crippen LogP contribution in [0.2, 0.25) is 12.6 Å². The van der Waals surface area contributed by atoms with Crippen LogP contribution in [0, 0.1) is 10.8 Å². The van der Waals surface area contributed by atoms with Crippen LogP contribution in [0.15, 0.2) is 23.7 Å². The zero-order valence-electron chi connectivity index (χ0n) is 11.4. The number of allylic oxidation sites excluding steroid dienone is 3. The number of hydrogen-bond acceptors (Lipinski definition) is 0. The maximum absolute atomic E-state index is 4.13. The summed E-state index contributed by atoms with van der Waals surface area (Å²) in [6, 6.07) is 0. The minimum Gasteiger partial charge on any atom is -0.101 e. The van der Waals surface area contributed by atoms with Crippen molar-refractivity contribution < 1.29 is 0 Å². The maximum Gasteiger partial charge on any atom is 0.171 e. The number of rotatable bonds is 1. The Morgan fingerprint density at radius 2 is 1.62 bits per heavy atom. The first-order valence-electron chi connectivity index (χ1n) is 6.70. The summed E-state index contributed by atoms with van der Waals surface area (Å²) in [5.74, 6) is 0. The van der Waals surface area contributed by atoms with Gasteiger partial charge in [-0.05, 0) is 30.1 Å². The van der Waals surface area contributed by atoms with Crippen molar-refractivity contribution in [1.82, 2.24) is 0 Å². The third-order valence-corrected chi connectivity index (χ3v) is 5.22. The largest absolute Gasteiger partial charge is 0.171 e. The fraction of sp³-hybridized carbons (Fsp3) is 0.733. The summed E-state index contributed by atoms with van der Waals surface area (Å²) >= 11 is 0. The van der Waals surface area contributed by atoms with Crippen LogP contribution in [0.25, 0.3) is 0 Å². The Morgan fingerprint density at radius 1 is 1.06 bits per heavy atom. The Balaban J connectivity index is 2.17. The van der Waals surface area contributed by atoms with E-state index in [0.29, 0.717) is 10.8 Å². The first kappa shape index (κ1) is 12.0. The molecule has 2 aliphatic rings. The van der Waals surface area contributed by atoms with Gasteiger partial charge in [-0.25, -0.2) is 0 Å². The van der Waals surface area contributed by atoms with E-state index in [9.17, 15) is 0 Å². The molecule has 0 aromatic heterocycles. The van der Waals surface area contributed by atoms with Crippen LogP contribution in [0.5, 0.6) is 0 Å². The van der Waals surface area contributed by atoms with E-state index in [2.05, 4.69) is 40.3 Å². The average Bonchev–Trinajstić information content (AvgIpc) is 2.36. The molecule has 2 rings (SSSR count). The van der Waals surface area contributed by atoms with Gasteiger partial charge in [0.1, 0.15) is 0 Å². The van der Waals surface area contributed by atoms with Crippen molar-refractivity contribution in [1.29, 1.82) is 0 Å². The topological polar surface area (TPSA) is 0 Å². The molecule has 0 bridgehead atoms. The van der Waals surface area contributed by atoms with Gasteiger partial charge in [0.15, 0.2) is 6.71 Å². The van der Waals surface area contributed by atoms with Gasteiger partial charge in [-0.1, -0.05) is 58.6 Å². The van der Waals surface area contributed by atoms with Crippen LogP contribution in [0.1, 0.15) is 47.0 Å². The van der Waals surface area contributed by atoms with Gasteiger partial charge in [0.05, 0.1) is 0 Å². The Kier molecular flexibility index (Phi) is 2.84. The van der Waals surface area contributed by atoms with Gasteiger partial charge in [-0.2, -0.15) is 0 Å². The number of hydrogen-bond donors (Lipinski definition) is 0. The molecule has 1 heteroatoms. The van der Waals surface area contributed by atoms with Crippen molar-refractivity contribution in [3.05, 3.63) is 23.7 Å². The zero-order valence-corrected chi connectivity index (χ0v) is 11.4. The van der Waals surface area contributed by atoms with E-state index in [1.165, 1.54) is 37.5 Å². The predicted octanol–water partition coefficient (Wildman–Crippen LogP) is 4.75. The lowest BCUT2D eigenvalue weighted by atomic mass is 9.40. The lowest BCUT2D eigenvalue weighted by molar-refractivity contribution is 0.177. The normalized spacial score (nSPS) is 28.1. The predicted molar refractivity (Wildman–Crippen MR) is 74.0 cm³/mol. The van der Waals surface area contributed by atoms with E-state index >= 15 is 0 Å². The monoisotopic (exact) mass is 216 g/mol. The summed E-state index contributed by atoms with van der Waals surface area (Å²) in [6.45, 7) is 14.7. The Bertz CT molecular complexity index is 317. The summed E-state index contributed by atoms with van der Waals surface area (Å²) in [4.78, 5) is 0. The van der Waals surface area contributed by atoms with Crippen LogP contribution in [0.4, 0.5) is 0 Å². The molecule has 1 aliphatic heterocycles. The molecule has 0 unspecified atom stereocenters. The standard InChI is InChI=1S/C15H25B/c1-12-7-6-8-13(9-12)16-10-14(2,3)15(4,5)11-16/h9H,1,6-8,10-11H2,2-5H3. The third kappa shape index (κ3) is 2.01. The van der Waals surface area contributed by atoms with Gasteiger partial charge < -0.3 is 0 Å². The van der Waals surface area contributed by atoms with Crippen molar-refractivity contribution in [2.24, 2.45) is 10.8 Å². The molecule has 0 amide bonds. The minimum absolute atomic E-state index is 0.483. The van der Waals surface area contributed by atoms with E-state index in [0.717, 1.165) is 6.71 Å². The van der Waals surface area contributed by atoms with Gasteiger partial charge in [0.2, 0.25) is 0 Å². The molecule has 0 nitrogen and oxygen atoms in total. The molecule has 0 saturated carbocycles. The van der Waals surface area contributed by atoms with E-state index in [1.54, 1.807) is 5.47 Å². The Hall–Kier alpha value is -0.455. The molecule has 1 aliphatic carbocycles. The van der Waals surface area contributed by atoms with Crippen LogP contribution in [-0.4, -0.2) is 6.71 Å². The molecule has 1 fully saturated rings. The lowest BCUT2D eigenvalue weighted by Crippen LogP contribution is -2.24. The molecule has 0 aromatic carbocycles. The van der Waals surface area contributed by atoms with Crippen molar-refractivity contribution in [2.75, 3.05) is 0 Å². The van der Waals surface area contributed by atoms with Gasteiger partial charge in [-0.3, -0.25) is 0 Å². The minimum atomic E-state index is 0.483. The fourth-order valence-electron chi connectivity index (χ4n) is 3.37.